The Morgan fingerprint density at radius 1 is 1.00 bits per heavy atom. The number of carbonyl (C=O) groups excluding carboxylic acids is 1. The summed E-state index contributed by atoms with van der Waals surface area (Å²) in [6.07, 6.45) is 4.21. The van der Waals surface area contributed by atoms with Crippen LogP contribution < -0.4 is 0 Å². The lowest BCUT2D eigenvalue weighted by molar-refractivity contribution is 0.0944. The van der Waals surface area contributed by atoms with E-state index < -0.39 is 0 Å². The van der Waals surface area contributed by atoms with Crippen LogP contribution >= 0.6 is 0 Å². The van der Waals surface area contributed by atoms with E-state index in [1.54, 1.807) is 0 Å². The average molecular weight is 212 g/mol. The first kappa shape index (κ1) is 8.98. The second kappa shape index (κ2) is 2.97. The number of benzene rings is 1. The fraction of sp³-hybridized carbons (Fsp3) is 0.533. The van der Waals surface area contributed by atoms with Gasteiger partial charge in [0.25, 0.3) is 0 Å². The maximum absolute atomic E-state index is 12.3. The molecule has 1 nitrogen and oxygen atoms in total. The highest BCUT2D eigenvalue weighted by atomic mass is 16.1. The minimum Gasteiger partial charge on any atom is -0.294 e. The number of ketones is 1. The predicted octanol–water partition coefficient (Wildman–Crippen LogP) is 3.16. The van der Waals surface area contributed by atoms with Crippen molar-refractivity contribution in [2.45, 2.75) is 19.3 Å². The zero-order valence-electron chi connectivity index (χ0n) is 9.30. The topological polar surface area (TPSA) is 17.1 Å². The van der Waals surface area contributed by atoms with Crippen LogP contribution in [-0.4, -0.2) is 5.78 Å². The molecule has 0 N–H and O–H groups in total. The summed E-state index contributed by atoms with van der Waals surface area (Å²) in [6.45, 7) is 0. The van der Waals surface area contributed by atoms with Gasteiger partial charge in [0.2, 0.25) is 0 Å². The summed E-state index contributed by atoms with van der Waals surface area (Å²) < 4.78 is 0. The summed E-state index contributed by atoms with van der Waals surface area (Å²) in [5.74, 6) is 4.15. The Labute approximate surface area is 95.9 Å². The molecule has 4 rings (SSSR count). The molecule has 4 unspecified atom stereocenters. The van der Waals surface area contributed by atoms with Crippen LogP contribution in [0.3, 0.4) is 0 Å². The Balaban J connectivity index is 1.60. The van der Waals surface area contributed by atoms with Crippen molar-refractivity contribution >= 4 is 5.78 Å². The van der Waals surface area contributed by atoms with Gasteiger partial charge in [0.05, 0.1) is 0 Å². The number of hydrogen-bond acceptors (Lipinski definition) is 1. The van der Waals surface area contributed by atoms with Gasteiger partial charge in [0.15, 0.2) is 5.78 Å². The van der Waals surface area contributed by atoms with Crippen molar-refractivity contribution < 1.29 is 4.79 Å². The highest BCUT2D eigenvalue weighted by Crippen LogP contribution is 2.69. The molecule has 0 amide bonds. The molecular formula is C15H16O. The molecule has 16 heavy (non-hydrogen) atoms. The number of hydrogen-bond donors (Lipinski definition) is 0. The van der Waals surface area contributed by atoms with Crippen LogP contribution in [0.25, 0.3) is 0 Å². The molecule has 82 valence electrons. The van der Waals surface area contributed by atoms with Crippen molar-refractivity contribution in [2.24, 2.45) is 29.6 Å². The molecule has 2 bridgehead atoms. The molecule has 1 aromatic carbocycles. The third-order valence-electron chi connectivity index (χ3n) is 5.10. The van der Waals surface area contributed by atoms with Crippen molar-refractivity contribution in [3.8, 4) is 0 Å². The SMILES string of the molecule is O=C(c1ccccc1)C1C2C3CCC(C3)C12. The minimum atomic E-state index is 0.397. The Morgan fingerprint density at radius 3 is 2.25 bits per heavy atom. The van der Waals surface area contributed by atoms with Crippen molar-refractivity contribution in [1.29, 1.82) is 0 Å². The van der Waals surface area contributed by atoms with Crippen molar-refractivity contribution in [1.82, 2.24) is 0 Å². The fourth-order valence-corrected chi connectivity index (χ4v) is 4.47. The zero-order valence-corrected chi connectivity index (χ0v) is 9.30. The summed E-state index contributed by atoms with van der Waals surface area (Å²) in [7, 11) is 0. The van der Waals surface area contributed by atoms with Crippen LogP contribution in [0, 0.1) is 29.6 Å². The van der Waals surface area contributed by atoms with Gasteiger partial charge in [0.1, 0.15) is 0 Å². The number of rotatable bonds is 2. The van der Waals surface area contributed by atoms with E-state index in [9.17, 15) is 4.79 Å². The van der Waals surface area contributed by atoms with Gasteiger partial charge < -0.3 is 0 Å². The van der Waals surface area contributed by atoms with Crippen LogP contribution in [0.2, 0.25) is 0 Å². The maximum atomic E-state index is 12.3. The van der Waals surface area contributed by atoms with Crippen molar-refractivity contribution in [3.05, 3.63) is 35.9 Å². The first-order valence-electron chi connectivity index (χ1n) is 6.45. The highest BCUT2D eigenvalue weighted by Gasteiger charge is 2.67. The van der Waals surface area contributed by atoms with E-state index in [0.29, 0.717) is 11.7 Å². The summed E-state index contributed by atoms with van der Waals surface area (Å²) in [5.41, 5.74) is 0.932. The third-order valence-corrected chi connectivity index (χ3v) is 5.10. The lowest BCUT2D eigenvalue weighted by Gasteiger charge is -2.07. The molecule has 3 saturated carbocycles. The molecular weight excluding hydrogens is 196 g/mol. The number of Topliss-reactive ketones (excluding diaryl/α,β-unsaturated/α-hetero) is 1. The Morgan fingerprint density at radius 2 is 1.62 bits per heavy atom. The molecule has 0 aromatic heterocycles. The molecule has 3 fully saturated rings. The highest BCUT2D eigenvalue weighted by molar-refractivity contribution is 6.00. The third kappa shape index (κ3) is 1.04. The van der Waals surface area contributed by atoms with E-state index in [1.807, 2.05) is 30.3 Å². The van der Waals surface area contributed by atoms with Gasteiger partial charge in [-0.1, -0.05) is 30.3 Å². The molecule has 1 aromatic rings. The normalized spacial score (nSPS) is 43.1. The Bertz CT molecular complexity index is 420. The predicted molar refractivity (Wildman–Crippen MR) is 62.1 cm³/mol. The van der Waals surface area contributed by atoms with Crippen molar-refractivity contribution in [3.63, 3.8) is 0 Å². The molecule has 1 heteroatoms. The van der Waals surface area contributed by atoms with Crippen LogP contribution in [0.4, 0.5) is 0 Å². The van der Waals surface area contributed by atoms with Gasteiger partial charge in [-0.25, -0.2) is 0 Å². The van der Waals surface area contributed by atoms with E-state index >= 15 is 0 Å². The second-order valence-corrected chi connectivity index (χ2v) is 5.74. The molecule has 3 aliphatic carbocycles. The van der Waals surface area contributed by atoms with E-state index in [2.05, 4.69) is 0 Å². The van der Waals surface area contributed by atoms with Crippen LogP contribution in [0.15, 0.2) is 30.3 Å². The van der Waals surface area contributed by atoms with Crippen LogP contribution in [-0.2, 0) is 0 Å². The van der Waals surface area contributed by atoms with E-state index in [4.69, 9.17) is 0 Å². The molecule has 0 spiro atoms. The first-order chi connectivity index (χ1) is 7.86. The van der Waals surface area contributed by atoms with E-state index in [1.165, 1.54) is 19.3 Å². The van der Waals surface area contributed by atoms with Gasteiger partial charge in [-0.15, -0.1) is 0 Å². The molecule has 0 heterocycles. The Hall–Kier alpha value is -1.11. The fourth-order valence-electron chi connectivity index (χ4n) is 4.47. The number of carbonyl (C=O) groups is 1. The monoisotopic (exact) mass is 212 g/mol. The summed E-state index contributed by atoms with van der Waals surface area (Å²) in [5, 5.41) is 0. The summed E-state index contributed by atoms with van der Waals surface area (Å²) in [4.78, 5) is 12.3. The maximum Gasteiger partial charge on any atom is 0.166 e. The van der Waals surface area contributed by atoms with Crippen LogP contribution in [0.5, 0.6) is 0 Å². The van der Waals surface area contributed by atoms with Gasteiger partial charge in [-0.3, -0.25) is 4.79 Å². The Kier molecular flexibility index (Phi) is 1.66. The second-order valence-electron chi connectivity index (χ2n) is 5.74. The molecule has 4 atom stereocenters. The smallest absolute Gasteiger partial charge is 0.166 e. The molecule has 0 aliphatic heterocycles. The first-order valence-corrected chi connectivity index (χ1v) is 6.45. The van der Waals surface area contributed by atoms with Gasteiger partial charge in [-0.2, -0.15) is 0 Å². The molecule has 3 aliphatic rings. The van der Waals surface area contributed by atoms with Crippen LogP contribution in [0.1, 0.15) is 29.6 Å². The lowest BCUT2D eigenvalue weighted by Crippen LogP contribution is -2.09. The average Bonchev–Trinajstić information content (AvgIpc) is 2.77. The van der Waals surface area contributed by atoms with E-state index in [0.717, 1.165) is 29.2 Å². The molecule has 0 saturated heterocycles. The van der Waals surface area contributed by atoms with Gasteiger partial charge >= 0.3 is 0 Å². The standard InChI is InChI=1S/C15H16O/c16-15(9-4-2-1-3-5-9)14-12-10-6-7-11(8-10)13(12)14/h1-5,10-14H,6-8H2. The van der Waals surface area contributed by atoms with Crippen molar-refractivity contribution in [2.75, 3.05) is 0 Å². The lowest BCUT2D eigenvalue weighted by atomic mass is 9.96. The van der Waals surface area contributed by atoms with Gasteiger partial charge in [0, 0.05) is 11.5 Å². The largest absolute Gasteiger partial charge is 0.294 e. The quantitative estimate of drug-likeness (QED) is 0.688. The zero-order chi connectivity index (χ0) is 10.7. The number of fused-ring (bicyclic) bond motifs is 5. The van der Waals surface area contributed by atoms with Gasteiger partial charge in [-0.05, 0) is 42.9 Å². The summed E-state index contributed by atoms with van der Waals surface area (Å²) >= 11 is 0. The summed E-state index contributed by atoms with van der Waals surface area (Å²) in [6, 6.07) is 9.87. The minimum absolute atomic E-state index is 0.397. The molecule has 0 radical (unpaired) electrons. The van der Waals surface area contributed by atoms with E-state index in [-0.39, 0.29) is 0 Å².